The quantitative estimate of drug-likeness (QED) is 0.582. The molecule has 3 amide bonds. The molecule has 2 heterocycles. The van der Waals surface area contributed by atoms with Crippen molar-refractivity contribution in [2.75, 3.05) is 13.1 Å². The third-order valence-electron chi connectivity index (χ3n) is 4.93. The number of rotatable bonds is 9. The van der Waals surface area contributed by atoms with E-state index < -0.39 is 43.3 Å². The fourth-order valence-electron chi connectivity index (χ4n) is 3.07. The third-order valence-corrected chi connectivity index (χ3v) is 4.93. The van der Waals surface area contributed by atoms with Gasteiger partial charge in [0.1, 0.15) is 11.8 Å². The number of aromatic nitrogens is 1. The predicted molar refractivity (Wildman–Crippen MR) is 108 cm³/mol. The van der Waals surface area contributed by atoms with Crippen LogP contribution in [0.5, 0.6) is 0 Å². The predicted octanol–water partition coefficient (Wildman–Crippen LogP) is 1.19. The Labute approximate surface area is 184 Å². The maximum atomic E-state index is 13.5. The number of likely N-dealkylation sites (tertiary alicyclic amines) is 1. The lowest BCUT2D eigenvalue weighted by molar-refractivity contribution is -0.131. The summed E-state index contributed by atoms with van der Waals surface area (Å²) in [6.45, 7) is 2.17. The van der Waals surface area contributed by atoms with Crippen LogP contribution in [-0.4, -0.2) is 58.4 Å². The van der Waals surface area contributed by atoms with Crippen LogP contribution >= 0.6 is 0 Å². The van der Waals surface area contributed by atoms with Crippen molar-refractivity contribution in [1.82, 2.24) is 20.5 Å². The Balaban J connectivity index is 1.85. The van der Waals surface area contributed by atoms with Crippen LogP contribution in [-0.2, 0) is 20.9 Å². The molecule has 11 heteroatoms. The van der Waals surface area contributed by atoms with Crippen LogP contribution in [0.3, 0.4) is 0 Å². The number of nitriles is 1. The number of hydrogen-bond acceptors (Lipinski definition) is 6. The molecule has 1 aromatic heterocycles. The van der Waals surface area contributed by atoms with Gasteiger partial charge in [-0.3, -0.25) is 24.2 Å². The maximum Gasteiger partial charge on any atom is 0.268 e. The average Bonchev–Trinajstić information content (AvgIpc) is 3.08. The van der Waals surface area contributed by atoms with E-state index in [1.807, 2.05) is 0 Å². The normalized spacial score (nSPS) is 17.0. The van der Waals surface area contributed by atoms with Crippen molar-refractivity contribution in [3.8, 4) is 6.07 Å². The molecule has 0 bridgehead atoms. The molecule has 1 aliphatic rings. The summed E-state index contributed by atoms with van der Waals surface area (Å²) in [6, 6.07) is 3.25. The van der Waals surface area contributed by atoms with Gasteiger partial charge in [-0.15, -0.1) is 0 Å². The second-order valence-corrected chi connectivity index (χ2v) is 7.84. The lowest BCUT2D eigenvalue weighted by atomic mass is 10.0. The first kappa shape index (κ1) is 24.8. The number of Topliss-reactive ketones (excluding diaryl/α,β-unsaturated/α-hetero) is 1. The number of carbonyl (C=O) groups is 4. The number of nitrogens with one attached hydrogen (secondary N) is 2. The Bertz CT molecular complexity index is 929. The van der Waals surface area contributed by atoms with E-state index in [2.05, 4.69) is 15.6 Å². The van der Waals surface area contributed by atoms with Crippen LogP contribution in [0, 0.1) is 17.2 Å². The van der Waals surface area contributed by atoms with E-state index in [9.17, 15) is 28.0 Å². The summed E-state index contributed by atoms with van der Waals surface area (Å²) < 4.78 is 26.9. The second-order valence-electron chi connectivity index (χ2n) is 7.84. The Morgan fingerprint density at radius 1 is 1.28 bits per heavy atom. The summed E-state index contributed by atoms with van der Waals surface area (Å²) in [5, 5.41) is 13.9. The molecule has 1 fully saturated rings. The third kappa shape index (κ3) is 7.08. The fraction of sp³-hybridized carbons (Fsp3) is 0.524. The molecule has 0 saturated carbocycles. The highest BCUT2D eigenvalue weighted by Crippen LogP contribution is 2.31. The molecular weight excluding hydrogens is 424 g/mol. The minimum absolute atomic E-state index is 0.00905. The number of amides is 3. The lowest BCUT2D eigenvalue weighted by Crippen LogP contribution is -2.43. The topological polar surface area (TPSA) is 132 Å². The van der Waals surface area contributed by atoms with Crippen LogP contribution in [0.25, 0.3) is 0 Å². The smallest absolute Gasteiger partial charge is 0.268 e. The van der Waals surface area contributed by atoms with Gasteiger partial charge in [-0.25, -0.2) is 8.78 Å². The molecule has 0 spiro atoms. The molecule has 9 nitrogen and oxygen atoms in total. The van der Waals surface area contributed by atoms with Gasteiger partial charge in [0.05, 0.1) is 31.4 Å². The monoisotopic (exact) mass is 449 g/mol. The van der Waals surface area contributed by atoms with Crippen molar-refractivity contribution < 1.29 is 28.0 Å². The van der Waals surface area contributed by atoms with E-state index in [1.165, 1.54) is 18.3 Å². The molecule has 1 aliphatic heterocycles. The largest absolute Gasteiger partial charge is 0.350 e. The van der Waals surface area contributed by atoms with Crippen molar-refractivity contribution in [1.29, 1.82) is 5.26 Å². The first-order valence-electron chi connectivity index (χ1n) is 10.1. The zero-order chi connectivity index (χ0) is 23.9. The average molecular weight is 449 g/mol. The molecule has 2 N–H and O–H groups in total. The van der Waals surface area contributed by atoms with Gasteiger partial charge in [0.15, 0.2) is 0 Å². The number of ketones is 1. The number of pyridine rings is 1. The molecule has 1 aromatic rings. The van der Waals surface area contributed by atoms with E-state index in [0.29, 0.717) is 5.69 Å². The molecule has 32 heavy (non-hydrogen) atoms. The van der Waals surface area contributed by atoms with Gasteiger partial charge >= 0.3 is 0 Å². The van der Waals surface area contributed by atoms with Crippen LogP contribution in [0.15, 0.2) is 18.3 Å². The standard InChI is InChI=1S/C21H25F2N5O4/c1-13(2)17(29)3-4-18(30)26-10-15-7-14(5-6-25-15)20(32)27-11-19(31)28-12-21(22,23)8-16(28)9-24/h5-7,13,16H,3-4,8,10-12H2,1-2H3,(H,26,30)(H,27,32)/t16-/m0/s1. The Hall–Kier alpha value is -3.42. The van der Waals surface area contributed by atoms with Gasteiger partial charge in [0.2, 0.25) is 11.8 Å². The maximum absolute atomic E-state index is 13.5. The van der Waals surface area contributed by atoms with Gasteiger partial charge < -0.3 is 15.5 Å². The summed E-state index contributed by atoms with van der Waals surface area (Å²) in [7, 11) is 0. The molecule has 0 unspecified atom stereocenters. The zero-order valence-electron chi connectivity index (χ0n) is 17.9. The summed E-state index contributed by atoms with van der Waals surface area (Å²) in [6.07, 6.45) is 0.822. The fourth-order valence-corrected chi connectivity index (χ4v) is 3.07. The van der Waals surface area contributed by atoms with Crippen molar-refractivity contribution >= 4 is 23.5 Å². The number of carbonyl (C=O) groups excluding carboxylic acids is 4. The molecule has 2 rings (SSSR count). The zero-order valence-corrected chi connectivity index (χ0v) is 17.9. The highest BCUT2D eigenvalue weighted by atomic mass is 19.3. The van der Waals surface area contributed by atoms with Gasteiger partial charge in [0.25, 0.3) is 11.8 Å². The highest BCUT2D eigenvalue weighted by molar-refractivity contribution is 5.96. The Kier molecular flexibility index (Phi) is 8.34. The molecule has 172 valence electrons. The van der Waals surface area contributed by atoms with E-state index in [0.717, 1.165) is 4.90 Å². The number of alkyl halides is 2. The molecule has 0 aliphatic carbocycles. The molecule has 0 aromatic carbocycles. The van der Waals surface area contributed by atoms with Crippen molar-refractivity contribution in [3.63, 3.8) is 0 Å². The molecule has 1 saturated heterocycles. The van der Waals surface area contributed by atoms with Crippen LogP contribution < -0.4 is 10.6 Å². The van der Waals surface area contributed by atoms with Crippen molar-refractivity contribution in [2.24, 2.45) is 5.92 Å². The van der Waals surface area contributed by atoms with E-state index in [4.69, 9.17) is 5.26 Å². The van der Waals surface area contributed by atoms with Gasteiger partial charge in [-0.05, 0) is 12.1 Å². The van der Waals surface area contributed by atoms with Crippen LogP contribution in [0.4, 0.5) is 8.78 Å². The van der Waals surface area contributed by atoms with Crippen molar-refractivity contribution in [3.05, 3.63) is 29.6 Å². The van der Waals surface area contributed by atoms with E-state index in [1.54, 1.807) is 19.9 Å². The van der Waals surface area contributed by atoms with Crippen LogP contribution in [0.1, 0.15) is 49.2 Å². The minimum atomic E-state index is -3.13. The summed E-state index contributed by atoms with van der Waals surface area (Å²) in [5.41, 5.74) is 0.548. The summed E-state index contributed by atoms with van der Waals surface area (Å²) in [5.74, 6) is -5.01. The van der Waals surface area contributed by atoms with Crippen molar-refractivity contribution in [2.45, 2.75) is 51.6 Å². The number of nitrogens with zero attached hydrogens (tertiary/aromatic N) is 3. The highest BCUT2D eigenvalue weighted by Gasteiger charge is 2.47. The Morgan fingerprint density at radius 2 is 2.00 bits per heavy atom. The first-order chi connectivity index (χ1) is 15.0. The SMILES string of the molecule is CC(C)C(=O)CCC(=O)NCc1cc(C(=O)NCC(=O)N2CC(F)(F)C[C@H]2C#N)ccn1. The first-order valence-corrected chi connectivity index (χ1v) is 10.1. The Morgan fingerprint density at radius 3 is 2.66 bits per heavy atom. The van der Waals surface area contributed by atoms with E-state index in [-0.39, 0.29) is 42.6 Å². The summed E-state index contributed by atoms with van der Waals surface area (Å²) in [4.78, 5) is 52.8. The molecule has 1 atom stereocenters. The number of halogens is 2. The van der Waals surface area contributed by atoms with Gasteiger partial charge in [-0.1, -0.05) is 13.8 Å². The molecular formula is C21H25F2N5O4. The lowest BCUT2D eigenvalue weighted by Gasteiger charge is -2.19. The minimum Gasteiger partial charge on any atom is -0.350 e. The number of hydrogen-bond donors (Lipinski definition) is 2. The molecule has 0 radical (unpaired) electrons. The second kappa shape index (κ2) is 10.7. The van der Waals surface area contributed by atoms with Gasteiger partial charge in [-0.2, -0.15) is 5.26 Å². The van der Waals surface area contributed by atoms with E-state index >= 15 is 0 Å². The van der Waals surface area contributed by atoms with Crippen LogP contribution in [0.2, 0.25) is 0 Å². The van der Waals surface area contributed by atoms with Gasteiger partial charge in [0, 0.05) is 36.9 Å². The summed E-state index contributed by atoms with van der Waals surface area (Å²) >= 11 is 0.